The highest BCUT2D eigenvalue weighted by molar-refractivity contribution is 14.0. The van der Waals surface area contributed by atoms with Gasteiger partial charge in [-0.25, -0.2) is 0 Å². The summed E-state index contributed by atoms with van der Waals surface area (Å²) in [5.74, 6) is 1.59. The molecule has 0 aliphatic heterocycles. The van der Waals surface area contributed by atoms with Crippen LogP contribution in [-0.2, 0) is 17.8 Å². The standard InChI is InChI=1S/C22H30N4O2.HI/c1-4-14-28-21-8-6-5-7-19(21)17-26-22(23-2)25-16-18-9-11-20(12-10-18)24-13-15-27-3;/h4-12,24H,1,13-17H2,2-3H3,(H2,23,25,26);1H. The van der Waals surface area contributed by atoms with Crippen molar-refractivity contribution < 1.29 is 9.47 Å². The van der Waals surface area contributed by atoms with E-state index in [2.05, 4.69) is 51.8 Å². The van der Waals surface area contributed by atoms with Crippen LogP contribution in [0.1, 0.15) is 11.1 Å². The average molecular weight is 510 g/mol. The van der Waals surface area contributed by atoms with Crippen LogP contribution in [-0.4, -0.2) is 39.9 Å². The van der Waals surface area contributed by atoms with Gasteiger partial charge in [0.1, 0.15) is 12.4 Å². The molecule has 158 valence electrons. The maximum absolute atomic E-state index is 5.70. The van der Waals surface area contributed by atoms with Gasteiger partial charge in [0.2, 0.25) is 0 Å². The Labute approximate surface area is 190 Å². The van der Waals surface area contributed by atoms with Gasteiger partial charge >= 0.3 is 0 Å². The van der Waals surface area contributed by atoms with Gasteiger partial charge < -0.3 is 25.4 Å². The molecule has 7 heteroatoms. The Morgan fingerprint density at radius 1 is 1.07 bits per heavy atom. The largest absolute Gasteiger partial charge is 0.489 e. The molecule has 0 heterocycles. The Balaban J connectivity index is 0.00000420. The van der Waals surface area contributed by atoms with Crippen molar-refractivity contribution in [2.24, 2.45) is 4.99 Å². The molecule has 0 amide bonds. The Morgan fingerprint density at radius 2 is 1.79 bits per heavy atom. The third-order valence-corrected chi connectivity index (χ3v) is 4.05. The van der Waals surface area contributed by atoms with Crippen LogP contribution in [0.2, 0.25) is 0 Å². The van der Waals surface area contributed by atoms with Crippen LogP contribution in [0.15, 0.2) is 66.2 Å². The number of halogens is 1. The highest BCUT2D eigenvalue weighted by Gasteiger charge is 2.04. The number of benzene rings is 2. The molecule has 6 nitrogen and oxygen atoms in total. The van der Waals surface area contributed by atoms with Crippen LogP contribution in [0.3, 0.4) is 0 Å². The van der Waals surface area contributed by atoms with Crippen LogP contribution >= 0.6 is 24.0 Å². The van der Waals surface area contributed by atoms with Crippen molar-refractivity contribution in [1.29, 1.82) is 0 Å². The number of hydrogen-bond donors (Lipinski definition) is 3. The van der Waals surface area contributed by atoms with E-state index in [0.717, 1.165) is 29.5 Å². The molecule has 0 aliphatic rings. The third-order valence-electron chi connectivity index (χ3n) is 4.05. The number of nitrogens with zero attached hydrogens (tertiary/aromatic N) is 1. The molecule has 0 radical (unpaired) electrons. The number of guanidine groups is 1. The summed E-state index contributed by atoms with van der Waals surface area (Å²) in [5.41, 5.74) is 3.33. The lowest BCUT2D eigenvalue weighted by Gasteiger charge is -2.14. The predicted octanol–water partition coefficient (Wildman–Crippen LogP) is 3.79. The second kappa shape index (κ2) is 14.7. The highest BCUT2D eigenvalue weighted by atomic mass is 127. The Hall–Kier alpha value is -2.26. The lowest BCUT2D eigenvalue weighted by atomic mass is 10.2. The number of anilines is 1. The molecule has 0 fully saturated rings. The summed E-state index contributed by atoms with van der Waals surface area (Å²) < 4.78 is 10.7. The molecule has 29 heavy (non-hydrogen) atoms. The van der Waals surface area contributed by atoms with E-state index in [0.29, 0.717) is 26.3 Å². The summed E-state index contributed by atoms with van der Waals surface area (Å²) in [4.78, 5) is 4.29. The molecule has 0 spiro atoms. The molecule has 0 saturated heterocycles. The van der Waals surface area contributed by atoms with Crippen molar-refractivity contribution >= 4 is 35.6 Å². The molecule has 0 atom stereocenters. The first kappa shape index (κ1) is 24.8. The number of ether oxygens (including phenoxy) is 2. The Bertz CT molecular complexity index is 751. The van der Waals surface area contributed by atoms with Gasteiger partial charge in [0.25, 0.3) is 0 Å². The zero-order valence-electron chi connectivity index (χ0n) is 17.1. The maximum Gasteiger partial charge on any atom is 0.191 e. The normalized spacial score (nSPS) is 10.6. The fourth-order valence-electron chi connectivity index (χ4n) is 2.56. The van der Waals surface area contributed by atoms with Crippen LogP contribution in [0, 0.1) is 0 Å². The molecule has 0 aromatic heterocycles. The molecule has 0 aliphatic carbocycles. The van der Waals surface area contributed by atoms with E-state index < -0.39 is 0 Å². The van der Waals surface area contributed by atoms with Gasteiger partial charge in [-0.1, -0.05) is 43.0 Å². The minimum atomic E-state index is 0. The van der Waals surface area contributed by atoms with Crippen molar-refractivity contribution in [3.05, 3.63) is 72.3 Å². The van der Waals surface area contributed by atoms with Crippen molar-refractivity contribution in [3.63, 3.8) is 0 Å². The van der Waals surface area contributed by atoms with Crippen molar-refractivity contribution in [1.82, 2.24) is 10.6 Å². The summed E-state index contributed by atoms with van der Waals surface area (Å²) in [6, 6.07) is 16.3. The molecule has 2 rings (SSSR count). The maximum atomic E-state index is 5.70. The number of nitrogens with one attached hydrogen (secondary N) is 3. The number of rotatable bonds is 11. The summed E-state index contributed by atoms with van der Waals surface area (Å²) in [7, 11) is 3.46. The number of hydrogen-bond acceptors (Lipinski definition) is 4. The first-order valence-corrected chi connectivity index (χ1v) is 9.34. The van der Waals surface area contributed by atoms with Gasteiger partial charge in [0.15, 0.2) is 5.96 Å². The fourth-order valence-corrected chi connectivity index (χ4v) is 2.56. The molecule has 2 aromatic carbocycles. The van der Waals surface area contributed by atoms with Crippen LogP contribution in [0.25, 0.3) is 0 Å². The van der Waals surface area contributed by atoms with E-state index in [-0.39, 0.29) is 24.0 Å². The number of aliphatic imine (C=N–C) groups is 1. The second-order valence-electron chi connectivity index (χ2n) is 6.10. The van der Waals surface area contributed by atoms with E-state index in [1.807, 2.05) is 24.3 Å². The van der Waals surface area contributed by atoms with E-state index in [9.17, 15) is 0 Å². The second-order valence-corrected chi connectivity index (χ2v) is 6.10. The summed E-state index contributed by atoms with van der Waals surface area (Å²) in [6.45, 7) is 6.97. The van der Waals surface area contributed by atoms with E-state index in [4.69, 9.17) is 9.47 Å². The van der Waals surface area contributed by atoms with Crippen molar-refractivity contribution in [3.8, 4) is 5.75 Å². The zero-order valence-corrected chi connectivity index (χ0v) is 19.4. The molecule has 0 bridgehead atoms. The minimum absolute atomic E-state index is 0. The van der Waals surface area contributed by atoms with Gasteiger partial charge in [-0.3, -0.25) is 4.99 Å². The van der Waals surface area contributed by atoms with Crippen LogP contribution in [0.4, 0.5) is 5.69 Å². The molecule has 3 N–H and O–H groups in total. The van der Waals surface area contributed by atoms with Gasteiger partial charge in [-0.2, -0.15) is 0 Å². The summed E-state index contributed by atoms with van der Waals surface area (Å²) >= 11 is 0. The molecule has 0 unspecified atom stereocenters. The lowest BCUT2D eigenvalue weighted by molar-refractivity contribution is 0.211. The molecular weight excluding hydrogens is 479 g/mol. The first-order valence-electron chi connectivity index (χ1n) is 9.34. The quantitative estimate of drug-likeness (QED) is 0.141. The smallest absolute Gasteiger partial charge is 0.191 e. The molecule has 0 saturated carbocycles. The fraction of sp³-hybridized carbons (Fsp3) is 0.318. The minimum Gasteiger partial charge on any atom is -0.489 e. The van der Waals surface area contributed by atoms with Gasteiger partial charge in [0, 0.05) is 45.0 Å². The zero-order chi connectivity index (χ0) is 20.0. The van der Waals surface area contributed by atoms with Gasteiger partial charge in [-0.05, 0) is 23.8 Å². The van der Waals surface area contributed by atoms with Gasteiger partial charge in [0.05, 0.1) is 6.61 Å². The summed E-state index contributed by atoms with van der Waals surface area (Å²) in [6.07, 6.45) is 1.74. The molecular formula is C22H31IN4O2. The van der Waals surface area contributed by atoms with Crippen LogP contribution in [0.5, 0.6) is 5.75 Å². The predicted molar refractivity (Wildman–Crippen MR) is 131 cm³/mol. The number of methoxy groups -OCH3 is 1. The van der Waals surface area contributed by atoms with Crippen LogP contribution < -0.4 is 20.7 Å². The SMILES string of the molecule is C=CCOc1ccccc1CNC(=NC)NCc1ccc(NCCOC)cc1.I. The van der Waals surface area contributed by atoms with E-state index in [1.54, 1.807) is 20.2 Å². The van der Waals surface area contributed by atoms with Crippen molar-refractivity contribution in [2.75, 3.05) is 39.2 Å². The third kappa shape index (κ3) is 9.19. The lowest BCUT2D eigenvalue weighted by Crippen LogP contribution is -2.36. The average Bonchev–Trinajstić information content (AvgIpc) is 2.74. The van der Waals surface area contributed by atoms with E-state index >= 15 is 0 Å². The van der Waals surface area contributed by atoms with Gasteiger partial charge in [-0.15, -0.1) is 24.0 Å². The Kier molecular flexibility index (Phi) is 12.6. The topological polar surface area (TPSA) is 66.9 Å². The van der Waals surface area contributed by atoms with Crippen molar-refractivity contribution in [2.45, 2.75) is 13.1 Å². The summed E-state index contributed by atoms with van der Waals surface area (Å²) in [5, 5.41) is 9.96. The first-order chi connectivity index (χ1) is 13.8. The monoisotopic (exact) mass is 510 g/mol. The highest BCUT2D eigenvalue weighted by Crippen LogP contribution is 2.17. The Morgan fingerprint density at radius 3 is 2.48 bits per heavy atom. The van der Waals surface area contributed by atoms with E-state index in [1.165, 1.54) is 5.56 Å². The number of para-hydroxylation sites is 1. The molecule has 2 aromatic rings.